The number of alkyl halides is 3. The number of fused-ring (bicyclic) bond motifs is 1. The van der Waals surface area contributed by atoms with E-state index in [4.69, 9.17) is 5.26 Å². The van der Waals surface area contributed by atoms with E-state index in [1.807, 2.05) is 6.92 Å². The van der Waals surface area contributed by atoms with Gasteiger partial charge < -0.3 is 9.88 Å². The van der Waals surface area contributed by atoms with Crippen LogP contribution >= 0.6 is 0 Å². The standard InChI is InChI=1S/C25H30F3N7O/c1-5-18-14-35(23-21-22(33(4)24(36)32-23)31-20(30-21)11-12-29)19(6-2)13-34(18)15(3)16-7-9-17(10-8-16)25(26,27)28/h7-10,15,18-19H,5-6,11,13-14H2,1-4H3,(H,30,31)/t15?,18-,19+/m1/s1. The molecule has 1 fully saturated rings. The molecule has 0 aliphatic carbocycles. The second kappa shape index (κ2) is 9.93. The summed E-state index contributed by atoms with van der Waals surface area (Å²) in [4.78, 5) is 29.2. The van der Waals surface area contributed by atoms with Gasteiger partial charge >= 0.3 is 11.9 Å². The van der Waals surface area contributed by atoms with Crippen molar-refractivity contribution < 1.29 is 13.2 Å². The van der Waals surface area contributed by atoms with Crippen LogP contribution in [0, 0.1) is 11.3 Å². The van der Waals surface area contributed by atoms with Gasteiger partial charge in [0, 0.05) is 38.3 Å². The summed E-state index contributed by atoms with van der Waals surface area (Å²) >= 11 is 0. The van der Waals surface area contributed by atoms with Crippen molar-refractivity contribution >= 4 is 17.0 Å². The zero-order chi connectivity index (χ0) is 26.2. The second-order valence-electron chi connectivity index (χ2n) is 9.26. The van der Waals surface area contributed by atoms with Crippen LogP contribution < -0.4 is 10.6 Å². The van der Waals surface area contributed by atoms with Gasteiger partial charge in [-0.05, 0) is 37.5 Å². The summed E-state index contributed by atoms with van der Waals surface area (Å²) in [5, 5.41) is 9.10. The number of aromatic amines is 1. The number of nitriles is 1. The minimum Gasteiger partial charge on any atom is -0.349 e. The number of rotatable bonds is 6. The molecule has 1 aliphatic heterocycles. The fourth-order valence-electron chi connectivity index (χ4n) is 5.05. The van der Waals surface area contributed by atoms with Crippen molar-refractivity contribution in [3.05, 3.63) is 51.7 Å². The van der Waals surface area contributed by atoms with Gasteiger partial charge in [0.25, 0.3) is 0 Å². The zero-order valence-corrected chi connectivity index (χ0v) is 20.8. The van der Waals surface area contributed by atoms with Crippen LogP contribution in [0.4, 0.5) is 19.0 Å². The van der Waals surface area contributed by atoms with E-state index in [2.05, 4.69) is 44.7 Å². The topological polar surface area (TPSA) is 93.8 Å². The Morgan fingerprint density at radius 3 is 2.39 bits per heavy atom. The number of nitrogens with one attached hydrogen (secondary N) is 1. The Bertz CT molecular complexity index is 1320. The zero-order valence-electron chi connectivity index (χ0n) is 20.8. The fourth-order valence-corrected chi connectivity index (χ4v) is 5.05. The van der Waals surface area contributed by atoms with Crippen molar-refractivity contribution in [1.29, 1.82) is 5.26 Å². The SMILES string of the molecule is CC[C@H]1CN(C(C)c2ccc(C(F)(F)F)cc2)[C@H](CC)CN1c1nc(=O)n(C)c2nc(CC#N)[nH]c12. The molecule has 3 aromatic rings. The first-order chi connectivity index (χ1) is 17.1. The Balaban J connectivity index is 1.68. The molecule has 0 amide bonds. The molecule has 1 saturated heterocycles. The van der Waals surface area contributed by atoms with E-state index in [9.17, 15) is 18.0 Å². The molecule has 1 aromatic carbocycles. The Labute approximate surface area is 207 Å². The molecule has 1 aliphatic rings. The van der Waals surface area contributed by atoms with Crippen molar-refractivity contribution in [3.8, 4) is 6.07 Å². The first kappa shape index (κ1) is 25.7. The van der Waals surface area contributed by atoms with Gasteiger partial charge in [0.15, 0.2) is 11.5 Å². The Hall–Kier alpha value is -3.39. The van der Waals surface area contributed by atoms with Crippen LogP contribution in [0.2, 0.25) is 0 Å². The lowest BCUT2D eigenvalue weighted by Crippen LogP contribution is -2.59. The van der Waals surface area contributed by atoms with Gasteiger partial charge in [0.1, 0.15) is 11.3 Å². The summed E-state index contributed by atoms with van der Waals surface area (Å²) in [6.45, 7) is 7.43. The summed E-state index contributed by atoms with van der Waals surface area (Å²) in [7, 11) is 1.61. The molecule has 1 unspecified atom stereocenters. The highest BCUT2D eigenvalue weighted by atomic mass is 19.4. The van der Waals surface area contributed by atoms with Crippen LogP contribution in [-0.2, 0) is 19.6 Å². The predicted octanol–water partition coefficient (Wildman–Crippen LogP) is 4.18. The van der Waals surface area contributed by atoms with E-state index in [0.29, 0.717) is 35.9 Å². The van der Waals surface area contributed by atoms with Crippen molar-refractivity contribution in [2.45, 2.75) is 64.3 Å². The van der Waals surface area contributed by atoms with Gasteiger partial charge in [-0.1, -0.05) is 26.0 Å². The van der Waals surface area contributed by atoms with Gasteiger partial charge in [-0.15, -0.1) is 0 Å². The third-order valence-electron chi connectivity index (χ3n) is 7.18. The van der Waals surface area contributed by atoms with E-state index in [1.165, 1.54) is 4.57 Å². The number of halogens is 3. The Morgan fingerprint density at radius 1 is 1.14 bits per heavy atom. The molecule has 0 spiro atoms. The van der Waals surface area contributed by atoms with Crippen LogP contribution in [-0.4, -0.2) is 49.6 Å². The van der Waals surface area contributed by atoms with Crippen molar-refractivity contribution in [2.24, 2.45) is 7.05 Å². The highest BCUT2D eigenvalue weighted by Gasteiger charge is 2.37. The molecule has 0 bridgehead atoms. The number of aryl methyl sites for hydroxylation is 1. The number of piperazine rings is 1. The largest absolute Gasteiger partial charge is 0.416 e. The molecule has 3 heterocycles. The fraction of sp³-hybridized carbons (Fsp3) is 0.520. The molecule has 1 N–H and O–H groups in total. The minimum absolute atomic E-state index is 0.0234. The predicted molar refractivity (Wildman–Crippen MR) is 131 cm³/mol. The molecule has 192 valence electrons. The maximum atomic E-state index is 13.0. The van der Waals surface area contributed by atoms with Gasteiger partial charge in [0.05, 0.1) is 18.1 Å². The number of hydrogen-bond acceptors (Lipinski definition) is 6. The Kier molecular flexibility index (Phi) is 7.09. The lowest BCUT2D eigenvalue weighted by atomic mass is 9.96. The average Bonchev–Trinajstić information content (AvgIpc) is 3.29. The molecular weight excluding hydrogens is 471 g/mol. The number of imidazole rings is 1. The maximum Gasteiger partial charge on any atom is 0.416 e. The minimum atomic E-state index is -4.36. The third-order valence-corrected chi connectivity index (χ3v) is 7.18. The number of aromatic nitrogens is 4. The molecule has 36 heavy (non-hydrogen) atoms. The third kappa shape index (κ3) is 4.69. The number of anilines is 1. The van der Waals surface area contributed by atoms with Crippen LogP contribution in [0.25, 0.3) is 11.2 Å². The van der Waals surface area contributed by atoms with Crippen molar-refractivity contribution in [3.63, 3.8) is 0 Å². The molecule has 8 nitrogen and oxygen atoms in total. The van der Waals surface area contributed by atoms with Gasteiger partial charge in [-0.3, -0.25) is 9.47 Å². The molecule has 11 heteroatoms. The van der Waals surface area contributed by atoms with Crippen LogP contribution in [0.1, 0.15) is 56.6 Å². The monoisotopic (exact) mass is 501 g/mol. The van der Waals surface area contributed by atoms with Crippen LogP contribution in [0.5, 0.6) is 0 Å². The second-order valence-corrected chi connectivity index (χ2v) is 9.26. The normalized spacial score (nSPS) is 20.0. The lowest BCUT2D eigenvalue weighted by molar-refractivity contribution is -0.137. The summed E-state index contributed by atoms with van der Waals surface area (Å²) < 4.78 is 40.5. The first-order valence-electron chi connectivity index (χ1n) is 12.1. The van der Waals surface area contributed by atoms with E-state index in [-0.39, 0.29) is 24.5 Å². The highest BCUT2D eigenvalue weighted by molar-refractivity contribution is 5.84. The molecular formula is C25H30F3N7O. The first-order valence-corrected chi connectivity index (χ1v) is 12.1. The van der Waals surface area contributed by atoms with Gasteiger partial charge in [-0.25, -0.2) is 9.78 Å². The maximum absolute atomic E-state index is 13.0. The summed E-state index contributed by atoms with van der Waals surface area (Å²) in [6, 6.07) is 7.49. The van der Waals surface area contributed by atoms with E-state index in [1.54, 1.807) is 19.2 Å². The average molecular weight is 502 g/mol. The van der Waals surface area contributed by atoms with E-state index < -0.39 is 17.4 Å². The highest BCUT2D eigenvalue weighted by Crippen LogP contribution is 2.35. The quantitative estimate of drug-likeness (QED) is 0.545. The van der Waals surface area contributed by atoms with Crippen LogP contribution in [0.15, 0.2) is 29.1 Å². The smallest absolute Gasteiger partial charge is 0.349 e. The van der Waals surface area contributed by atoms with Crippen molar-refractivity contribution in [2.75, 3.05) is 18.0 Å². The lowest BCUT2D eigenvalue weighted by Gasteiger charge is -2.49. The molecule has 4 rings (SSSR count). The van der Waals surface area contributed by atoms with Crippen molar-refractivity contribution in [1.82, 2.24) is 24.4 Å². The summed E-state index contributed by atoms with van der Waals surface area (Å²) in [6.07, 6.45) is -2.67. The van der Waals surface area contributed by atoms with Gasteiger partial charge in [-0.2, -0.15) is 23.4 Å². The van der Waals surface area contributed by atoms with E-state index >= 15 is 0 Å². The van der Waals surface area contributed by atoms with Gasteiger partial charge in [0.2, 0.25) is 0 Å². The molecule has 0 radical (unpaired) electrons. The Morgan fingerprint density at radius 2 is 1.81 bits per heavy atom. The van der Waals surface area contributed by atoms with E-state index in [0.717, 1.165) is 30.5 Å². The number of H-pyrrole nitrogens is 1. The molecule has 2 aromatic heterocycles. The number of nitrogens with zero attached hydrogens (tertiary/aromatic N) is 6. The number of hydrogen-bond donors (Lipinski definition) is 1. The molecule has 3 atom stereocenters. The molecule has 0 saturated carbocycles. The summed E-state index contributed by atoms with van der Waals surface area (Å²) in [5.41, 5.74) is 0.834. The number of benzene rings is 1. The van der Waals surface area contributed by atoms with Crippen LogP contribution in [0.3, 0.4) is 0 Å². The summed E-state index contributed by atoms with van der Waals surface area (Å²) in [5.74, 6) is 1.00.